The number of benzene rings is 1. The Morgan fingerprint density at radius 1 is 1.23 bits per heavy atom. The van der Waals surface area contributed by atoms with Crippen molar-refractivity contribution in [3.05, 3.63) is 34.9 Å². The number of hydrogen-bond acceptors (Lipinski definition) is 3. The minimum absolute atomic E-state index is 0.0320. The third-order valence-electron chi connectivity index (χ3n) is 5.29. The molecule has 1 aliphatic rings. The van der Waals surface area contributed by atoms with Gasteiger partial charge in [0.25, 0.3) is 5.91 Å². The highest BCUT2D eigenvalue weighted by atomic mass is 35.5. The average molecular weight is 380 g/mol. The van der Waals surface area contributed by atoms with E-state index in [0.29, 0.717) is 16.5 Å². The molecule has 1 aliphatic heterocycles. The number of nitrogens with zero attached hydrogens (tertiary/aromatic N) is 1. The third kappa shape index (κ3) is 5.45. The first kappa shape index (κ1) is 20.7. The number of amides is 2. The Balaban J connectivity index is 2.03. The molecule has 0 aliphatic carbocycles. The molecule has 1 saturated heterocycles. The quantitative estimate of drug-likeness (QED) is 0.765. The van der Waals surface area contributed by atoms with Crippen LogP contribution < -0.4 is 10.6 Å². The fraction of sp³-hybridized carbons (Fsp3) is 0.600. The van der Waals surface area contributed by atoms with Gasteiger partial charge < -0.3 is 15.5 Å². The predicted molar refractivity (Wildman–Crippen MR) is 105 cm³/mol. The molecule has 0 saturated carbocycles. The average Bonchev–Trinajstić information content (AvgIpc) is 2.66. The Labute approximate surface area is 161 Å². The Kier molecular flexibility index (Phi) is 7.91. The molecule has 2 N–H and O–H groups in total. The van der Waals surface area contributed by atoms with E-state index in [2.05, 4.69) is 10.6 Å². The zero-order chi connectivity index (χ0) is 19.1. The lowest BCUT2D eigenvalue weighted by atomic mass is 9.93. The van der Waals surface area contributed by atoms with E-state index in [1.165, 1.54) is 0 Å². The first-order valence-corrected chi connectivity index (χ1v) is 9.83. The zero-order valence-electron chi connectivity index (χ0n) is 15.9. The van der Waals surface area contributed by atoms with Crippen molar-refractivity contribution in [2.75, 3.05) is 26.7 Å². The van der Waals surface area contributed by atoms with Crippen molar-refractivity contribution in [2.24, 2.45) is 11.8 Å². The SMILES string of the molecule is CCC(C)C(NC(=O)c1ccc(Cl)cc1)C(=O)N1CCC(CNC)CC1. The molecule has 1 fully saturated rings. The largest absolute Gasteiger partial charge is 0.341 e. The molecule has 1 aromatic carbocycles. The summed E-state index contributed by atoms with van der Waals surface area (Å²) in [7, 11) is 1.96. The first-order chi connectivity index (χ1) is 12.5. The normalized spacial score (nSPS) is 17.6. The van der Waals surface area contributed by atoms with Crippen LogP contribution in [-0.4, -0.2) is 49.4 Å². The molecule has 2 amide bonds. The number of likely N-dealkylation sites (tertiary alicyclic amines) is 1. The second-order valence-corrected chi connectivity index (χ2v) is 7.61. The Hall–Kier alpha value is -1.59. The summed E-state index contributed by atoms with van der Waals surface area (Å²) < 4.78 is 0. The minimum atomic E-state index is -0.496. The van der Waals surface area contributed by atoms with Crippen molar-refractivity contribution < 1.29 is 9.59 Å². The summed E-state index contributed by atoms with van der Waals surface area (Å²) >= 11 is 5.88. The lowest BCUT2D eigenvalue weighted by Crippen LogP contribution is -2.53. The maximum atomic E-state index is 13.1. The molecule has 0 radical (unpaired) electrons. The van der Waals surface area contributed by atoms with Crippen LogP contribution in [0, 0.1) is 11.8 Å². The van der Waals surface area contributed by atoms with Crippen molar-refractivity contribution in [3.8, 4) is 0 Å². The highest BCUT2D eigenvalue weighted by Crippen LogP contribution is 2.20. The maximum absolute atomic E-state index is 13.1. The summed E-state index contributed by atoms with van der Waals surface area (Å²) in [6, 6.07) is 6.23. The molecule has 2 unspecified atom stereocenters. The molecule has 2 rings (SSSR count). The van der Waals surface area contributed by atoms with Crippen LogP contribution in [0.4, 0.5) is 0 Å². The van der Waals surface area contributed by atoms with Crippen LogP contribution in [0.15, 0.2) is 24.3 Å². The number of nitrogens with one attached hydrogen (secondary N) is 2. The van der Waals surface area contributed by atoms with Gasteiger partial charge in [0.2, 0.25) is 5.91 Å². The minimum Gasteiger partial charge on any atom is -0.341 e. The van der Waals surface area contributed by atoms with E-state index in [1.807, 2.05) is 25.8 Å². The molecule has 144 valence electrons. The van der Waals surface area contributed by atoms with Crippen LogP contribution in [0.2, 0.25) is 5.02 Å². The zero-order valence-corrected chi connectivity index (χ0v) is 16.7. The van der Waals surface area contributed by atoms with E-state index in [0.717, 1.165) is 38.9 Å². The van der Waals surface area contributed by atoms with Crippen LogP contribution in [-0.2, 0) is 4.79 Å². The number of rotatable bonds is 7. The standard InChI is InChI=1S/C20H30ClN3O2/c1-4-14(2)18(23-19(25)16-5-7-17(21)8-6-16)20(26)24-11-9-15(10-12-24)13-22-3/h5-8,14-15,18,22H,4,9-13H2,1-3H3,(H,23,25). The van der Waals surface area contributed by atoms with E-state index in [1.54, 1.807) is 24.3 Å². The lowest BCUT2D eigenvalue weighted by Gasteiger charge is -2.35. The molecule has 0 bridgehead atoms. The van der Waals surface area contributed by atoms with Gasteiger partial charge >= 0.3 is 0 Å². The molecule has 2 atom stereocenters. The van der Waals surface area contributed by atoms with Gasteiger partial charge in [0.1, 0.15) is 6.04 Å². The van der Waals surface area contributed by atoms with E-state index < -0.39 is 6.04 Å². The summed E-state index contributed by atoms with van der Waals surface area (Å²) in [5.41, 5.74) is 0.517. The van der Waals surface area contributed by atoms with Crippen molar-refractivity contribution in [1.29, 1.82) is 0 Å². The molecule has 5 nitrogen and oxygen atoms in total. The van der Waals surface area contributed by atoms with Gasteiger partial charge in [-0.2, -0.15) is 0 Å². The number of carbonyl (C=O) groups excluding carboxylic acids is 2. The van der Waals surface area contributed by atoms with Gasteiger partial charge in [-0.25, -0.2) is 0 Å². The van der Waals surface area contributed by atoms with Crippen molar-refractivity contribution in [2.45, 2.75) is 39.2 Å². The first-order valence-electron chi connectivity index (χ1n) is 9.46. The second-order valence-electron chi connectivity index (χ2n) is 7.17. The van der Waals surface area contributed by atoms with Gasteiger partial charge in [-0.05, 0) is 62.5 Å². The molecular formula is C20H30ClN3O2. The fourth-order valence-electron chi connectivity index (χ4n) is 3.35. The van der Waals surface area contributed by atoms with E-state index >= 15 is 0 Å². The predicted octanol–water partition coefficient (Wildman–Crippen LogP) is 2.94. The monoisotopic (exact) mass is 379 g/mol. The smallest absolute Gasteiger partial charge is 0.251 e. The van der Waals surface area contributed by atoms with Crippen LogP contribution in [0.5, 0.6) is 0 Å². The Morgan fingerprint density at radius 2 is 1.85 bits per heavy atom. The molecule has 0 spiro atoms. The molecule has 6 heteroatoms. The summed E-state index contributed by atoms with van der Waals surface area (Å²) in [6.45, 7) is 6.56. The number of piperidine rings is 1. The van der Waals surface area contributed by atoms with Gasteiger partial charge in [-0.1, -0.05) is 31.9 Å². The number of hydrogen-bond donors (Lipinski definition) is 2. The molecule has 1 heterocycles. The molecule has 0 aromatic heterocycles. The summed E-state index contributed by atoms with van der Waals surface area (Å²) in [5.74, 6) is 0.499. The lowest BCUT2D eigenvalue weighted by molar-refractivity contribution is -0.135. The third-order valence-corrected chi connectivity index (χ3v) is 5.54. The van der Waals surface area contributed by atoms with E-state index in [9.17, 15) is 9.59 Å². The number of halogens is 1. The van der Waals surface area contributed by atoms with Crippen LogP contribution in [0.25, 0.3) is 0 Å². The van der Waals surface area contributed by atoms with Gasteiger partial charge in [0.15, 0.2) is 0 Å². The summed E-state index contributed by atoms with van der Waals surface area (Å²) in [4.78, 5) is 27.5. The topological polar surface area (TPSA) is 61.4 Å². The summed E-state index contributed by atoms with van der Waals surface area (Å²) in [5, 5.41) is 6.75. The van der Waals surface area contributed by atoms with Gasteiger partial charge in [-0.15, -0.1) is 0 Å². The highest BCUT2D eigenvalue weighted by Gasteiger charge is 2.32. The molecular weight excluding hydrogens is 350 g/mol. The van der Waals surface area contributed by atoms with Crippen molar-refractivity contribution in [3.63, 3.8) is 0 Å². The fourth-order valence-corrected chi connectivity index (χ4v) is 3.48. The van der Waals surface area contributed by atoms with E-state index in [4.69, 9.17) is 11.6 Å². The molecule has 26 heavy (non-hydrogen) atoms. The Bertz CT molecular complexity index is 598. The maximum Gasteiger partial charge on any atom is 0.251 e. The van der Waals surface area contributed by atoms with Crippen molar-refractivity contribution >= 4 is 23.4 Å². The molecule has 1 aromatic rings. The van der Waals surface area contributed by atoms with Crippen LogP contribution in [0.1, 0.15) is 43.5 Å². The van der Waals surface area contributed by atoms with E-state index in [-0.39, 0.29) is 17.7 Å². The summed E-state index contributed by atoms with van der Waals surface area (Å²) in [6.07, 6.45) is 2.84. The van der Waals surface area contributed by atoms with Gasteiger partial charge in [-0.3, -0.25) is 9.59 Å². The highest BCUT2D eigenvalue weighted by molar-refractivity contribution is 6.30. The van der Waals surface area contributed by atoms with Crippen molar-refractivity contribution in [1.82, 2.24) is 15.5 Å². The van der Waals surface area contributed by atoms with Gasteiger partial charge in [0, 0.05) is 23.7 Å². The Morgan fingerprint density at radius 3 is 2.38 bits per heavy atom. The van der Waals surface area contributed by atoms with Gasteiger partial charge in [0.05, 0.1) is 0 Å². The van der Waals surface area contributed by atoms with Crippen LogP contribution >= 0.6 is 11.6 Å². The second kappa shape index (κ2) is 9.93. The van der Waals surface area contributed by atoms with Crippen LogP contribution in [0.3, 0.4) is 0 Å². The number of carbonyl (C=O) groups is 2.